The molecule has 0 bridgehead atoms. The Kier molecular flexibility index (Phi) is 4.91. The van der Waals surface area contributed by atoms with E-state index in [2.05, 4.69) is 0 Å². The van der Waals surface area contributed by atoms with Gasteiger partial charge in [-0.3, -0.25) is 4.79 Å². The number of carbonyl (C=O) groups excluding carboxylic acids is 2. The van der Waals surface area contributed by atoms with Crippen LogP contribution in [0, 0.1) is 12.7 Å². The van der Waals surface area contributed by atoms with Crippen molar-refractivity contribution in [3.05, 3.63) is 99.5 Å². The molecule has 0 saturated carbocycles. The van der Waals surface area contributed by atoms with Crippen LogP contribution in [-0.4, -0.2) is 11.8 Å². The zero-order valence-electron chi connectivity index (χ0n) is 15.2. The molecule has 1 aliphatic rings. The molecule has 1 heterocycles. The van der Waals surface area contributed by atoms with Crippen LogP contribution in [-0.2, 0) is 0 Å². The monoisotopic (exact) mass is 408 g/mol. The van der Waals surface area contributed by atoms with Crippen LogP contribution >= 0.6 is 11.6 Å². The Hall–Kier alpha value is -3.44. The highest BCUT2D eigenvalue weighted by atomic mass is 35.5. The van der Waals surface area contributed by atoms with E-state index in [-0.39, 0.29) is 39.2 Å². The minimum Gasteiger partial charge on any atom is -0.452 e. The fourth-order valence-corrected chi connectivity index (χ4v) is 3.27. The number of ketones is 1. The van der Waals surface area contributed by atoms with Crippen LogP contribution < -0.4 is 9.47 Å². The maximum atomic E-state index is 13.9. The van der Waals surface area contributed by atoms with Crippen LogP contribution in [0.5, 0.6) is 11.5 Å². The molecule has 3 aromatic carbocycles. The zero-order chi connectivity index (χ0) is 20.5. The molecule has 0 fully saturated rings. The number of benzene rings is 3. The Morgan fingerprint density at radius 3 is 2.59 bits per heavy atom. The number of hydrogen-bond acceptors (Lipinski definition) is 4. The predicted molar refractivity (Wildman–Crippen MR) is 107 cm³/mol. The first-order valence-corrected chi connectivity index (χ1v) is 9.12. The second kappa shape index (κ2) is 7.53. The molecule has 1 aliphatic heterocycles. The second-order valence-electron chi connectivity index (χ2n) is 6.44. The predicted octanol–water partition coefficient (Wildman–Crippen LogP) is 5.62. The lowest BCUT2D eigenvalue weighted by molar-refractivity contribution is 0.0734. The van der Waals surface area contributed by atoms with Gasteiger partial charge in [-0.05, 0) is 42.8 Å². The number of ether oxygens (including phenoxy) is 2. The maximum absolute atomic E-state index is 13.9. The summed E-state index contributed by atoms with van der Waals surface area (Å²) < 4.78 is 24.9. The van der Waals surface area contributed by atoms with E-state index < -0.39 is 11.8 Å². The summed E-state index contributed by atoms with van der Waals surface area (Å²) in [6.45, 7) is 1.71. The van der Waals surface area contributed by atoms with E-state index in [0.717, 1.165) is 0 Å². The molecule has 144 valence electrons. The molecule has 0 N–H and O–H groups in total. The lowest BCUT2D eigenvalue weighted by atomic mass is 10.0. The van der Waals surface area contributed by atoms with Gasteiger partial charge in [0, 0.05) is 11.6 Å². The van der Waals surface area contributed by atoms with Crippen LogP contribution in [0.3, 0.4) is 0 Å². The summed E-state index contributed by atoms with van der Waals surface area (Å²) in [6, 6.07) is 15.6. The van der Waals surface area contributed by atoms with Crippen LogP contribution in [0.2, 0.25) is 5.02 Å². The van der Waals surface area contributed by atoms with Gasteiger partial charge in [0.05, 0.1) is 16.1 Å². The van der Waals surface area contributed by atoms with Crippen LogP contribution in [0.15, 0.2) is 66.4 Å². The van der Waals surface area contributed by atoms with Gasteiger partial charge in [0.1, 0.15) is 17.3 Å². The van der Waals surface area contributed by atoms with E-state index in [1.165, 1.54) is 18.2 Å². The van der Waals surface area contributed by atoms with Crippen molar-refractivity contribution in [1.29, 1.82) is 0 Å². The van der Waals surface area contributed by atoms with Gasteiger partial charge in [-0.1, -0.05) is 41.9 Å². The number of allylic oxidation sites excluding steroid dienone is 1. The topological polar surface area (TPSA) is 52.6 Å². The highest BCUT2D eigenvalue weighted by molar-refractivity contribution is 6.33. The van der Waals surface area contributed by atoms with Gasteiger partial charge in [0.15, 0.2) is 5.76 Å². The molecular formula is C23H14ClFO4. The Bertz CT molecular complexity index is 1180. The van der Waals surface area contributed by atoms with Gasteiger partial charge in [-0.2, -0.15) is 0 Å². The number of halogens is 2. The van der Waals surface area contributed by atoms with Gasteiger partial charge >= 0.3 is 5.97 Å². The Morgan fingerprint density at radius 2 is 1.83 bits per heavy atom. The number of rotatable bonds is 3. The first kappa shape index (κ1) is 18.9. The molecule has 4 nitrogen and oxygen atoms in total. The number of Topliss-reactive ketones (excluding diaryl/α,β-unsaturated/α-hetero) is 1. The van der Waals surface area contributed by atoms with Gasteiger partial charge in [-0.15, -0.1) is 0 Å². The molecule has 0 spiro atoms. The lowest BCUT2D eigenvalue weighted by Gasteiger charge is -2.08. The van der Waals surface area contributed by atoms with Gasteiger partial charge in [-0.25, -0.2) is 9.18 Å². The standard InChI is InChI=1S/C23H14ClFO4/c1-13-10-15(28-23(27)16-7-3-4-8-17(16)24)12-19-21(13)22(26)20(29-19)11-14-6-2-5-9-18(14)25/h2-12H,1H3/b20-11-. The van der Waals surface area contributed by atoms with E-state index in [9.17, 15) is 14.0 Å². The van der Waals surface area contributed by atoms with Crippen molar-refractivity contribution in [2.24, 2.45) is 0 Å². The Labute approximate surface area is 171 Å². The molecule has 0 aliphatic carbocycles. The summed E-state index contributed by atoms with van der Waals surface area (Å²) in [6.07, 6.45) is 1.35. The fraction of sp³-hybridized carbons (Fsp3) is 0.0435. The van der Waals surface area contributed by atoms with Gasteiger partial charge < -0.3 is 9.47 Å². The second-order valence-corrected chi connectivity index (χ2v) is 6.85. The third-order valence-electron chi connectivity index (χ3n) is 4.44. The Morgan fingerprint density at radius 1 is 1.10 bits per heavy atom. The van der Waals surface area contributed by atoms with E-state index in [4.69, 9.17) is 21.1 Å². The summed E-state index contributed by atoms with van der Waals surface area (Å²) >= 11 is 6.03. The highest BCUT2D eigenvalue weighted by Crippen LogP contribution is 2.38. The van der Waals surface area contributed by atoms with Crippen molar-refractivity contribution >= 4 is 29.4 Å². The first-order valence-electron chi connectivity index (χ1n) is 8.74. The van der Waals surface area contributed by atoms with Crippen molar-refractivity contribution in [2.75, 3.05) is 0 Å². The lowest BCUT2D eigenvalue weighted by Crippen LogP contribution is -2.09. The van der Waals surface area contributed by atoms with Gasteiger partial charge in [0.25, 0.3) is 0 Å². The van der Waals surface area contributed by atoms with Crippen molar-refractivity contribution < 1.29 is 23.5 Å². The van der Waals surface area contributed by atoms with Crippen molar-refractivity contribution in [3.8, 4) is 11.5 Å². The third kappa shape index (κ3) is 3.65. The minimum atomic E-state index is -0.624. The molecule has 0 aromatic heterocycles. The van der Waals surface area contributed by atoms with E-state index >= 15 is 0 Å². The summed E-state index contributed by atoms with van der Waals surface area (Å²) in [5, 5.41) is 0.275. The molecule has 0 saturated heterocycles. The average Bonchev–Trinajstić information content (AvgIpc) is 2.99. The van der Waals surface area contributed by atoms with Crippen molar-refractivity contribution in [2.45, 2.75) is 6.92 Å². The smallest absolute Gasteiger partial charge is 0.345 e. The van der Waals surface area contributed by atoms with Crippen LogP contribution in [0.25, 0.3) is 6.08 Å². The summed E-state index contributed by atoms with van der Waals surface area (Å²) in [5.41, 5.74) is 1.40. The summed E-state index contributed by atoms with van der Waals surface area (Å²) in [4.78, 5) is 25.1. The Balaban J connectivity index is 1.64. The molecule has 3 aromatic rings. The van der Waals surface area contributed by atoms with E-state index in [1.54, 1.807) is 55.5 Å². The summed E-state index contributed by atoms with van der Waals surface area (Å²) in [5.74, 6) is -0.974. The number of carbonyl (C=O) groups is 2. The van der Waals surface area contributed by atoms with Crippen molar-refractivity contribution in [3.63, 3.8) is 0 Å². The molecule has 0 radical (unpaired) electrons. The molecule has 29 heavy (non-hydrogen) atoms. The molecule has 0 atom stereocenters. The highest BCUT2D eigenvalue weighted by Gasteiger charge is 2.30. The summed E-state index contributed by atoms with van der Waals surface area (Å²) in [7, 11) is 0. The molecular weight excluding hydrogens is 395 g/mol. The zero-order valence-corrected chi connectivity index (χ0v) is 16.0. The molecule has 0 unspecified atom stereocenters. The van der Waals surface area contributed by atoms with Crippen LogP contribution in [0.4, 0.5) is 4.39 Å². The molecule has 6 heteroatoms. The van der Waals surface area contributed by atoms with Crippen LogP contribution in [0.1, 0.15) is 31.8 Å². The largest absolute Gasteiger partial charge is 0.452 e. The quantitative estimate of drug-likeness (QED) is 0.320. The number of aryl methyl sites for hydroxylation is 1. The first-order chi connectivity index (χ1) is 13.9. The van der Waals surface area contributed by atoms with E-state index in [1.807, 2.05) is 0 Å². The minimum absolute atomic E-state index is 0.00257. The third-order valence-corrected chi connectivity index (χ3v) is 4.77. The van der Waals surface area contributed by atoms with E-state index in [0.29, 0.717) is 11.1 Å². The number of fused-ring (bicyclic) bond motifs is 1. The number of esters is 1. The molecule has 0 amide bonds. The maximum Gasteiger partial charge on any atom is 0.345 e. The normalized spacial score (nSPS) is 13.9. The fourth-order valence-electron chi connectivity index (χ4n) is 3.06. The molecule has 4 rings (SSSR count). The number of hydrogen-bond donors (Lipinski definition) is 0. The van der Waals surface area contributed by atoms with Gasteiger partial charge in [0.2, 0.25) is 5.78 Å². The SMILES string of the molecule is Cc1cc(OC(=O)c2ccccc2Cl)cc2c1C(=O)/C(=C/c1ccccc1F)O2. The van der Waals surface area contributed by atoms with Crippen molar-refractivity contribution in [1.82, 2.24) is 0 Å². The average molecular weight is 409 g/mol.